The van der Waals surface area contributed by atoms with Crippen LogP contribution in [0, 0.1) is 13.8 Å². The van der Waals surface area contributed by atoms with Crippen molar-refractivity contribution >= 4 is 17.3 Å². The monoisotopic (exact) mass is 282 g/mol. The van der Waals surface area contributed by atoms with Gasteiger partial charge in [-0.1, -0.05) is 35.9 Å². The van der Waals surface area contributed by atoms with E-state index in [1.165, 1.54) is 18.1 Å². The van der Waals surface area contributed by atoms with E-state index in [1.54, 1.807) is 0 Å². The number of anilines is 2. The van der Waals surface area contributed by atoms with Crippen molar-refractivity contribution in [3.63, 3.8) is 0 Å². The number of benzene rings is 2. The van der Waals surface area contributed by atoms with Gasteiger partial charge in [0.05, 0.1) is 0 Å². The molecule has 2 N–H and O–H groups in total. The maximum absolute atomic E-state index is 11.2. The molecule has 2 rings (SSSR count). The molecular formula is C18H22N2O. The van der Waals surface area contributed by atoms with E-state index in [9.17, 15) is 4.79 Å². The van der Waals surface area contributed by atoms with Crippen molar-refractivity contribution in [2.24, 2.45) is 0 Å². The minimum Gasteiger partial charge on any atom is -0.378 e. The average Bonchev–Trinajstić information content (AvgIpc) is 2.42. The van der Waals surface area contributed by atoms with E-state index in [0.717, 1.165) is 16.9 Å². The Kier molecular flexibility index (Phi) is 4.63. The van der Waals surface area contributed by atoms with Crippen molar-refractivity contribution in [2.45, 2.75) is 33.7 Å². The van der Waals surface area contributed by atoms with Crippen molar-refractivity contribution < 1.29 is 4.79 Å². The van der Waals surface area contributed by atoms with Gasteiger partial charge in [0.15, 0.2) is 0 Å². The first kappa shape index (κ1) is 15.1. The third-order valence-corrected chi connectivity index (χ3v) is 3.51. The maximum Gasteiger partial charge on any atom is 0.221 e. The van der Waals surface area contributed by atoms with Crippen LogP contribution in [0.4, 0.5) is 11.4 Å². The van der Waals surface area contributed by atoms with Gasteiger partial charge >= 0.3 is 0 Å². The highest BCUT2D eigenvalue weighted by atomic mass is 16.1. The third-order valence-electron chi connectivity index (χ3n) is 3.51. The number of nitrogens with one attached hydrogen (secondary N) is 2. The SMILES string of the molecule is CC(=O)Nc1cc(NC(C)c2ccc(C)cc2)ccc1C. The number of carbonyl (C=O) groups excluding carboxylic acids is 1. The molecule has 0 radical (unpaired) electrons. The molecule has 3 heteroatoms. The minimum atomic E-state index is -0.0539. The zero-order valence-corrected chi connectivity index (χ0v) is 13.0. The van der Waals surface area contributed by atoms with Gasteiger partial charge in [-0.2, -0.15) is 0 Å². The molecule has 110 valence electrons. The Labute approximate surface area is 126 Å². The van der Waals surface area contributed by atoms with Crippen molar-refractivity contribution in [1.29, 1.82) is 0 Å². The molecule has 0 aliphatic heterocycles. The molecule has 0 spiro atoms. The maximum atomic E-state index is 11.2. The van der Waals surface area contributed by atoms with E-state index in [4.69, 9.17) is 0 Å². The van der Waals surface area contributed by atoms with E-state index in [0.29, 0.717) is 0 Å². The molecule has 0 aromatic heterocycles. The Morgan fingerprint density at radius 3 is 2.33 bits per heavy atom. The summed E-state index contributed by atoms with van der Waals surface area (Å²) in [4.78, 5) is 11.2. The topological polar surface area (TPSA) is 41.1 Å². The summed E-state index contributed by atoms with van der Waals surface area (Å²) in [6.07, 6.45) is 0. The van der Waals surface area contributed by atoms with E-state index in [1.807, 2.05) is 25.1 Å². The fraction of sp³-hybridized carbons (Fsp3) is 0.278. The summed E-state index contributed by atoms with van der Waals surface area (Å²) < 4.78 is 0. The number of carbonyl (C=O) groups is 1. The largest absolute Gasteiger partial charge is 0.378 e. The van der Waals surface area contributed by atoms with Gasteiger partial charge in [-0.05, 0) is 44.0 Å². The Balaban J connectivity index is 2.15. The lowest BCUT2D eigenvalue weighted by Crippen LogP contribution is -2.09. The van der Waals surface area contributed by atoms with Crippen LogP contribution in [0.2, 0.25) is 0 Å². The molecule has 0 aliphatic carbocycles. The second-order valence-corrected chi connectivity index (χ2v) is 5.49. The van der Waals surface area contributed by atoms with E-state index >= 15 is 0 Å². The lowest BCUT2D eigenvalue weighted by molar-refractivity contribution is -0.114. The molecule has 0 fully saturated rings. The lowest BCUT2D eigenvalue weighted by Gasteiger charge is -2.17. The second kappa shape index (κ2) is 6.44. The molecule has 0 aliphatic rings. The molecule has 0 saturated carbocycles. The van der Waals surface area contributed by atoms with Gasteiger partial charge in [0.25, 0.3) is 0 Å². The molecular weight excluding hydrogens is 260 g/mol. The third kappa shape index (κ3) is 4.09. The number of hydrogen-bond acceptors (Lipinski definition) is 2. The Bertz CT molecular complexity index is 632. The summed E-state index contributed by atoms with van der Waals surface area (Å²) in [7, 11) is 0. The van der Waals surface area contributed by atoms with Crippen molar-refractivity contribution in [3.05, 3.63) is 59.2 Å². The second-order valence-electron chi connectivity index (χ2n) is 5.49. The van der Waals surface area contributed by atoms with E-state index < -0.39 is 0 Å². The molecule has 0 heterocycles. The van der Waals surface area contributed by atoms with Crippen molar-refractivity contribution in [3.8, 4) is 0 Å². The van der Waals surface area contributed by atoms with Crippen LogP contribution in [0.1, 0.15) is 36.6 Å². The zero-order valence-electron chi connectivity index (χ0n) is 13.0. The number of aryl methyl sites for hydroxylation is 2. The molecule has 1 amide bonds. The summed E-state index contributed by atoms with van der Waals surface area (Å²) in [5.74, 6) is -0.0539. The fourth-order valence-corrected chi connectivity index (χ4v) is 2.22. The first-order chi connectivity index (χ1) is 9.95. The van der Waals surface area contributed by atoms with Gasteiger partial charge < -0.3 is 10.6 Å². The molecule has 2 aromatic carbocycles. The zero-order chi connectivity index (χ0) is 15.4. The molecule has 0 saturated heterocycles. The fourth-order valence-electron chi connectivity index (χ4n) is 2.22. The van der Waals surface area contributed by atoms with E-state index in [-0.39, 0.29) is 11.9 Å². The predicted molar refractivity (Wildman–Crippen MR) is 88.7 cm³/mol. The highest BCUT2D eigenvalue weighted by Crippen LogP contribution is 2.24. The predicted octanol–water partition coefficient (Wildman–Crippen LogP) is 4.43. The van der Waals surface area contributed by atoms with Crippen LogP contribution in [0.25, 0.3) is 0 Å². The highest BCUT2D eigenvalue weighted by molar-refractivity contribution is 5.90. The van der Waals surface area contributed by atoms with Gasteiger partial charge in [-0.15, -0.1) is 0 Å². The Morgan fingerprint density at radius 2 is 1.71 bits per heavy atom. The van der Waals surface area contributed by atoms with Crippen LogP contribution in [0.15, 0.2) is 42.5 Å². The standard InChI is InChI=1S/C18H22N2O/c1-12-5-8-16(9-6-12)14(3)19-17-10-7-13(2)18(11-17)20-15(4)21/h5-11,14,19H,1-4H3,(H,20,21). The summed E-state index contributed by atoms with van der Waals surface area (Å²) >= 11 is 0. The Hall–Kier alpha value is -2.29. The summed E-state index contributed by atoms with van der Waals surface area (Å²) in [5.41, 5.74) is 5.40. The number of amides is 1. The van der Waals surface area contributed by atoms with Gasteiger partial charge in [-0.3, -0.25) is 4.79 Å². The van der Waals surface area contributed by atoms with Crippen LogP contribution in [-0.2, 0) is 4.79 Å². The number of rotatable bonds is 4. The normalized spacial score (nSPS) is 11.8. The van der Waals surface area contributed by atoms with Crippen LogP contribution < -0.4 is 10.6 Å². The first-order valence-electron chi connectivity index (χ1n) is 7.17. The molecule has 2 aromatic rings. The van der Waals surface area contributed by atoms with Gasteiger partial charge in [-0.25, -0.2) is 0 Å². The van der Waals surface area contributed by atoms with Gasteiger partial charge in [0.2, 0.25) is 5.91 Å². The molecule has 0 bridgehead atoms. The molecule has 1 unspecified atom stereocenters. The molecule has 1 atom stereocenters. The average molecular weight is 282 g/mol. The smallest absolute Gasteiger partial charge is 0.221 e. The summed E-state index contributed by atoms with van der Waals surface area (Å²) in [5, 5.41) is 6.32. The van der Waals surface area contributed by atoms with Crippen LogP contribution in [0.5, 0.6) is 0 Å². The van der Waals surface area contributed by atoms with E-state index in [2.05, 4.69) is 48.7 Å². The highest BCUT2D eigenvalue weighted by Gasteiger charge is 2.07. The van der Waals surface area contributed by atoms with Crippen LogP contribution >= 0.6 is 0 Å². The minimum absolute atomic E-state index is 0.0539. The van der Waals surface area contributed by atoms with Crippen molar-refractivity contribution in [1.82, 2.24) is 0 Å². The first-order valence-corrected chi connectivity index (χ1v) is 7.17. The van der Waals surface area contributed by atoms with Gasteiger partial charge in [0, 0.05) is 24.3 Å². The number of hydrogen-bond donors (Lipinski definition) is 2. The molecule has 21 heavy (non-hydrogen) atoms. The van der Waals surface area contributed by atoms with Crippen LogP contribution in [0.3, 0.4) is 0 Å². The Morgan fingerprint density at radius 1 is 1.05 bits per heavy atom. The van der Waals surface area contributed by atoms with Crippen LogP contribution in [-0.4, -0.2) is 5.91 Å². The van der Waals surface area contributed by atoms with Crippen molar-refractivity contribution in [2.75, 3.05) is 10.6 Å². The molecule has 3 nitrogen and oxygen atoms in total. The lowest BCUT2D eigenvalue weighted by atomic mass is 10.1. The summed E-state index contributed by atoms with van der Waals surface area (Å²) in [6, 6.07) is 14.7. The summed E-state index contributed by atoms with van der Waals surface area (Å²) in [6.45, 7) is 7.72. The quantitative estimate of drug-likeness (QED) is 0.870. The van der Waals surface area contributed by atoms with Gasteiger partial charge in [0.1, 0.15) is 0 Å².